The van der Waals surface area contributed by atoms with Gasteiger partial charge in [-0.2, -0.15) is 5.26 Å². The van der Waals surface area contributed by atoms with Crippen LogP contribution in [0.4, 0.5) is 0 Å². The summed E-state index contributed by atoms with van der Waals surface area (Å²) in [6, 6.07) is 2.01. The summed E-state index contributed by atoms with van der Waals surface area (Å²) in [5, 5.41) is 15.8. The van der Waals surface area contributed by atoms with Gasteiger partial charge in [-0.3, -0.25) is 0 Å². The maximum Gasteiger partial charge on any atom is 0.136 e. The van der Waals surface area contributed by atoms with Crippen LogP contribution < -0.4 is 0 Å². The maximum atomic E-state index is 8.73. The fourth-order valence-electron chi connectivity index (χ4n) is 0.952. The molecule has 0 bridgehead atoms. The Kier molecular flexibility index (Phi) is 5.97. The molecule has 0 unspecified atom stereocenters. The quantitative estimate of drug-likeness (QED) is 0.536. The summed E-state index contributed by atoms with van der Waals surface area (Å²) < 4.78 is 0. The molecule has 0 spiro atoms. The number of aliphatic imine (C=N–C) groups is 1. The molecule has 0 saturated heterocycles. The molecule has 0 aliphatic heterocycles. The van der Waals surface area contributed by atoms with E-state index in [1.807, 2.05) is 19.9 Å². The number of nitrogens with one attached hydrogen (secondary N) is 1. The summed E-state index contributed by atoms with van der Waals surface area (Å²) in [6.45, 7) is 5.59. The van der Waals surface area contributed by atoms with E-state index in [9.17, 15) is 0 Å². The second-order valence-electron chi connectivity index (χ2n) is 2.69. The monoisotopic (exact) mass is 189 g/mol. The molecule has 3 heteroatoms. The Bertz CT molecular complexity index is 327. The van der Waals surface area contributed by atoms with Crippen LogP contribution in [0.1, 0.15) is 27.2 Å². The summed E-state index contributed by atoms with van der Waals surface area (Å²) in [6.07, 6.45) is 5.59. The minimum Gasteiger partial charge on any atom is -0.308 e. The minimum atomic E-state index is 0.409. The molecule has 3 nitrogen and oxygen atoms in total. The molecule has 0 aliphatic carbocycles. The van der Waals surface area contributed by atoms with Gasteiger partial charge in [-0.25, -0.2) is 4.99 Å². The summed E-state index contributed by atoms with van der Waals surface area (Å²) in [4.78, 5) is 4.12. The highest BCUT2D eigenvalue weighted by molar-refractivity contribution is 6.14. The van der Waals surface area contributed by atoms with Crippen LogP contribution in [0, 0.1) is 16.7 Å². The van der Waals surface area contributed by atoms with E-state index in [-0.39, 0.29) is 0 Å². The van der Waals surface area contributed by atoms with Crippen LogP contribution in [0.25, 0.3) is 0 Å². The molecule has 0 amide bonds. The second kappa shape index (κ2) is 6.79. The Balaban J connectivity index is 4.92. The molecule has 0 saturated carbocycles. The normalized spacial score (nSPS) is 13.7. The Hall–Kier alpha value is -1.69. The molecule has 0 atom stereocenters. The number of hydrogen-bond donors (Lipinski definition) is 1. The lowest BCUT2D eigenvalue weighted by Crippen LogP contribution is -1.98. The van der Waals surface area contributed by atoms with E-state index in [0.717, 1.165) is 12.0 Å². The largest absolute Gasteiger partial charge is 0.308 e. The van der Waals surface area contributed by atoms with E-state index >= 15 is 0 Å². The number of allylic oxidation sites excluding steroid dienone is 4. The van der Waals surface area contributed by atoms with Crippen molar-refractivity contribution < 1.29 is 0 Å². The van der Waals surface area contributed by atoms with Crippen molar-refractivity contribution in [2.45, 2.75) is 27.2 Å². The standard InChI is InChI=1S/C11H15N3/c1-4-6-11(8-13)14-9(3)10(5-2)7-12/h5-7,12H,4H2,1-3H3/b10-5-,11-6+,12-7?,14-9-. The van der Waals surface area contributed by atoms with Crippen LogP contribution in [-0.4, -0.2) is 11.9 Å². The topological polar surface area (TPSA) is 60.0 Å². The summed E-state index contributed by atoms with van der Waals surface area (Å²) in [5.41, 5.74) is 1.84. The van der Waals surface area contributed by atoms with Crippen molar-refractivity contribution >= 4 is 11.9 Å². The molecule has 0 rings (SSSR count). The predicted molar refractivity (Wildman–Crippen MR) is 59.6 cm³/mol. The first-order valence-electron chi connectivity index (χ1n) is 4.52. The number of nitrogens with zero attached hydrogens (tertiary/aromatic N) is 2. The summed E-state index contributed by atoms with van der Waals surface area (Å²) >= 11 is 0. The fraction of sp³-hybridized carbons (Fsp3) is 0.364. The van der Waals surface area contributed by atoms with Crippen molar-refractivity contribution in [3.63, 3.8) is 0 Å². The van der Waals surface area contributed by atoms with E-state index in [1.165, 1.54) is 6.21 Å². The van der Waals surface area contributed by atoms with Crippen molar-refractivity contribution in [1.82, 2.24) is 0 Å². The maximum absolute atomic E-state index is 8.73. The summed E-state index contributed by atoms with van der Waals surface area (Å²) in [5.74, 6) is 0. The van der Waals surface area contributed by atoms with Gasteiger partial charge in [-0.15, -0.1) is 0 Å². The van der Waals surface area contributed by atoms with Crippen LogP contribution in [0.5, 0.6) is 0 Å². The molecule has 0 aromatic rings. The van der Waals surface area contributed by atoms with Crippen LogP contribution >= 0.6 is 0 Å². The SMILES string of the molecule is C\C=C(C=N)/C(C)=N\C(C#N)=C\CC. The van der Waals surface area contributed by atoms with Crippen LogP contribution in [0.2, 0.25) is 0 Å². The Morgan fingerprint density at radius 1 is 1.57 bits per heavy atom. The van der Waals surface area contributed by atoms with Crippen LogP contribution in [0.15, 0.2) is 28.4 Å². The number of rotatable bonds is 4. The Morgan fingerprint density at radius 2 is 2.21 bits per heavy atom. The summed E-state index contributed by atoms with van der Waals surface area (Å²) in [7, 11) is 0. The number of nitriles is 1. The molecule has 0 fully saturated rings. The average molecular weight is 189 g/mol. The van der Waals surface area contributed by atoms with Gasteiger partial charge >= 0.3 is 0 Å². The third kappa shape index (κ3) is 3.81. The molecule has 14 heavy (non-hydrogen) atoms. The molecule has 0 aromatic heterocycles. The van der Waals surface area contributed by atoms with Gasteiger partial charge in [0, 0.05) is 17.5 Å². The minimum absolute atomic E-state index is 0.409. The van der Waals surface area contributed by atoms with Gasteiger partial charge in [0.1, 0.15) is 11.8 Å². The van der Waals surface area contributed by atoms with E-state index < -0.39 is 0 Å². The zero-order chi connectivity index (χ0) is 11.0. The Morgan fingerprint density at radius 3 is 2.57 bits per heavy atom. The van der Waals surface area contributed by atoms with Gasteiger partial charge < -0.3 is 5.41 Å². The van der Waals surface area contributed by atoms with Gasteiger partial charge in [-0.1, -0.05) is 13.0 Å². The van der Waals surface area contributed by atoms with E-state index in [1.54, 1.807) is 19.1 Å². The molecule has 1 N–H and O–H groups in total. The lowest BCUT2D eigenvalue weighted by molar-refractivity contribution is 1.18. The average Bonchev–Trinajstić information content (AvgIpc) is 2.19. The third-order valence-corrected chi connectivity index (χ3v) is 1.68. The lowest BCUT2D eigenvalue weighted by Gasteiger charge is -1.98. The molecular formula is C11H15N3. The highest BCUT2D eigenvalue weighted by atomic mass is 14.8. The van der Waals surface area contributed by atoms with E-state index in [4.69, 9.17) is 10.7 Å². The second-order valence-corrected chi connectivity index (χ2v) is 2.69. The van der Waals surface area contributed by atoms with Crippen LogP contribution in [0.3, 0.4) is 0 Å². The fourth-order valence-corrected chi connectivity index (χ4v) is 0.952. The zero-order valence-electron chi connectivity index (χ0n) is 8.83. The van der Waals surface area contributed by atoms with Gasteiger partial charge in [0.2, 0.25) is 0 Å². The van der Waals surface area contributed by atoms with Crippen molar-refractivity contribution in [1.29, 1.82) is 10.7 Å². The van der Waals surface area contributed by atoms with Crippen molar-refractivity contribution in [3.8, 4) is 6.07 Å². The van der Waals surface area contributed by atoms with Crippen LogP contribution in [-0.2, 0) is 0 Å². The van der Waals surface area contributed by atoms with Gasteiger partial charge in [0.15, 0.2) is 0 Å². The first kappa shape index (κ1) is 12.3. The molecule has 74 valence electrons. The van der Waals surface area contributed by atoms with E-state index in [0.29, 0.717) is 11.4 Å². The molecule has 0 radical (unpaired) electrons. The van der Waals surface area contributed by atoms with E-state index in [2.05, 4.69) is 4.99 Å². The third-order valence-electron chi connectivity index (χ3n) is 1.68. The molecule has 0 heterocycles. The highest BCUT2D eigenvalue weighted by Crippen LogP contribution is 2.02. The highest BCUT2D eigenvalue weighted by Gasteiger charge is 1.98. The predicted octanol–water partition coefficient (Wildman–Crippen LogP) is 2.86. The van der Waals surface area contributed by atoms with Crippen molar-refractivity contribution in [2.24, 2.45) is 4.99 Å². The smallest absolute Gasteiger partial charge is 0.136 e. The molecule has 0 aliphatic rings. The molecular weight excluding hydrogens is 174 g/mol. The van der Waals surface area contributed by atoms with Gasteiger partial charge in [0.05, 0.1) is 0 Å². The molecule has 0 aromatic carbocycles. The Labute approximate surface area is 85.0 Å². The van der Waals surface area contributed by atoms with Gasteiger partial charge in [-0.05, 0) is 26.3 Å². The van der Waals surface area contributed by atoms with Gasteiger partial charge in [0.25, 0.3) is 0 Å². The number of hydrogen-bond acceptors (Lipinski definition) is 3. The van der Waals surface area contributed by atoms with Crippen molar-refractivity contribution in [3.05, 3.63) is 23.4 Å². The van der Waals surface area contributed by atoms with Crippen molar-refractivity contribution in [2.75, 3.05) is 0 Å². The first-order chi connectivity index (χ1) is 6.69. The first-order valence-corrected chi connectivity index (χ1v) is 4.52. The lowest BCUT2D eigenvalue weighted by atomic mass is 10.2. The zero-order valence-corrected chi connectivity index (χ0v) is 8.83.